The highest BCUT2D eigenvalue weighted by molar-refractivity contribution is 6.07. The van der Waals surface area contributed by atoms with Gasteiger partial charge in [-0.05, 0) is 106 Å². The highest BCUT2D eigenvalue weighted by Gasteiger charge is 2.33. The van der Waals surface area contributed by atoms with Gasteiger partial charge in [-0.1, -0.05) is 29.3 Å². The quantitative estimate of drug-likeness (QED) is 0.259. The number of ether oxygens (including phenoxy) is 1. The maximum Gasteiger partial charge on any atom is 0.135 e. The van der Waals surface area contributed by atoms with Gasteiger partial charge in [-0.15, -0.1) is 0 Å². The van der Waals surface area contributed by atoms with Gasteiger partial charge in [0.05, 0.1) is 17.1 Å². The number of phenols is 3. The summed E-state index contributed by atoms with van der Waals surface area (Å²) in [6.07, 6.45) is 2.53. The predicted molar refractivity (Wildman–Crippen MR) is 184 cm³/mol. The van der Waals surface area contributed by atoms with Crippen molar-refractivity contribution >= 4 is 17.1 Å². The first-order valence-electron chi connectivity index (χ1n) is 15.7. The minimum atomic E-state index is -0.344. The van der Waals surface area contributed by atoms with E-state index in [1.165, 1.54) is 12.7 Å². The third kappa shape index (κ3) is 7.48. The molecule has 1 aliphatic heterocycles. The fourth-order valence-corrected chi connectivity index (χ4v) is 6.27. The van der Waals surface area contributed by atoms with Crippen LogP contribution in [0.25, 0.3) is 0 Å². The van der Waals surface area contributed by atoms with Crippen molar-refractivity contribution in [2.75, 3.05) is 21.3 Å². The maximum atomic E-state index is 9.71. The molecule has 3 aliphatic rings. The lowest BCUT2D eigenvalue weighted by atomic mass is 9.91. The number of nitrogens with zero attached hydrogens (tertiary/aromatic N) is 3. The summed E-state index contributed by atoms with van der Waals surface area (Å²) in [6, 6.07) is 10.9. The Labute approximate surface area is 277 Å². The molecule has 0 spiro atoms. The van der Waals surface area contributed by atoms with Gasteiger partial charge in [0.15, 0.2) is 0 Å². The van der Waals surface area contributed by atoms with E-state index in [-0.39, 0.29) is 11.4 Å². The third-order valence-corrected chi connectivity index (χ3v) is 8.75. The van der Waals surface area contributed by atoms with Crippen molar-refractivity contribution in [1.29, 1.82) is 0 Å². The van der Waals surface area contributed by atoms with Gasteiger partial charge in [0.1, 0.15) is 49.9 Å². The molecule has 6 rings (SSSR count). The van der Waals surface area contributed by atoms with Gasteiger partial charge in [0, 0.05) is 40.5 Å². The number of fused-ring (bicyclic) bond motifs is 3. The van der Waals surface area contributed by atoms with E-state index in [2.05, 4.69) is 29.3 Å². The van der Waals surface area contributed by atoms with E-state index >= 15 is 0 Å². The lowest BCUT2D eigenvalue weighted by Crippen LogP contribution is -2.36. The van der Waals surface area contributed by atoms with Crippen LogP contribution in [0.15, 0.2) is 51.9 Å². The lowest BCUT2D eigenvalue weighted by molar-refractivity contribution is 0.107. The van der Waals surface area contributed by atoms with Crippen molar-refractivity contribution in [1.82, 2.24) is 0 Å². The Bertz CT molecular complexity index is 1710. The van der Waals surface area contributed by atoms with Crippen LogP contribution in [0.4, 0.5) is 0 Å². The molecule has 0 amide bonds. The summed E-state index contributed by atoms with van der Waals surface area (Å²) < 4.78 is 5.91. The molecule has 47 heavy (non-hydrogen) atoms. The summed E-state index contributed by atoms with van der Waals surface area (Å²) in [5.74, 6) is 2.37. The van der Waals surface area contributed by atoms with Gasteiger partial charge in [0.2, 0.25) is 0 Å². The molecule has 3 N–H and O–H groups in total. The molecule has 10 nitrogen and oxygen atoms in total. The summed E-state index contributed by atoms with van der Waals surface area (Å²) in [5.41, 5.74) is 10.5. The van der Waals surface area contributed by atoms with Crippen LogP contribution < -0.4 is 4.74 Å². The van der Waals surface area contributed by atoms with Gasteiger partial charge in [-0.25, -0.2) is 0 Å². The second-order valence-corrected chi connectivity index (χ2v) is 12.9. The molecule has 2 unspecified atom stereocenters. The van der Waals surface area contributed by atoms with Crippen LogP contribution in [0.3, 0.4) is 0 Å². The molecule has 252 valence electrons. The first kappa shape index (κ1) is 35.1. The Morgan fingerprint density at radius 1 is 0.702 bits per heavy atom. The van der Waals surface area contributed by atoms with Crippen LogP contribution in [-0.2, 0) is 27.4 Å². The molecule has 2 aliphatic carbocycles. The standard InChI is InChI=1S/C13H17NO3.2C12H15NO2/c1-8-11(15)6-5-9-10(14-16-4)7-13(2,3)17-12(8)9;1-7-5-10-9(6-11(7)14)4-8(2)12(10)13-15-3;1-7-6-10-8(2)11(14)5-4-9(10)12(7)13-15-3/h5-6,15H,7H2,1-4H3;5-6,8,14H,4H2,1-3H3;4-5,7,14H,6H2,1-3H3/b14-10+;;. The Balaban J connectivity index is 0.000000160. The summed E-state index contributed by atoms with van der Waals surface area (Å²) >= 11 is 0. The smallest absolute Gasteiger partial charge is 0.135 e. The zero-order valence-electron chi connectivity index (χ0n) is 29.1. The second kappa shape index (κ2) is 14.4. The third-order valence-electron chi connectivity index (χ3n) is 8.75. The van der Waals surface area contributed by atoms with Crippen LogP contribution in [-0.4, -0.2) is 59.4 Å². The van der Waals surface area contributed by atoms with Gasteiger partial charge in [-0.2, -0.15) is 0 Å². The fourth-order valence-electron chi connectivity index (χ4n) is 6.27. The summed E-state index contributed by atoms with van der Waals surface area (Å²) in [6.45, 7) is 13.9. The van der Waals surface area contributed by atoms with Crippen molar-refractivity contribution in [2.45, 2.75) is 73.3 Å². The zero-order valence-corrected chi connectivity index (χ0v) is 29.1. The second-order valence-electron chi connectivity index (χ2n) is 12.9. The van der Waals surface area contributed by atoms with Gasteiger partial charge >= 0.3 is 0 Å². The summed E-state index contributed by atoms with van der Waals surface area (Å²) in [4.78, 5) is 14.6. The lowest BCUT2D eigenvalue weighted by Gasteiger charge is -2.34. The van der Waals surface area contributed by atoms with Crippen LogP contribution >= 0.6 is 0 Å². The first-order chi connectivity index (χ1) is 22.2. The highest BCUT2D eigenvalue weighted by Crippen LogP contribution is 2.39. The van der Waals surface area contributed by atoms with E-state index in [1.807, 2.05) is 58.9 Å². The molecule has 3 aromatic rings. The Morgan fingerprint density at radius 3 is 1.87 bits per heavy atom. The van der Waals surface area contributed by atoms with Crippen molar-refractivity contribution < 1.29 is 34.6 Å². The highest BCUT2D eigenvalue weighted by atomic mass is 16.6. The zero-order chi connectivity index (χ0) is 34.6. The predicted octanol–water partition coefficient (Wildman–Crippen LogP) is 7.10. The van der Waals surface area contributed by atoms with E-state index < -0.39 is 0 Å². The normalized spacial score (nSPS) is 21.0. The van der Waals surface area contributed by atoms with Gasteiger partial charge in [0.25, 0.3) is 0 Å². The van der Waals surface area contributed by atoms with Crippen LogP contribution in [0.1, 0.15) is 78.6 Å². The number of hydrogen-bond acceptors (Lipinski definition) is 10. The van der Waals surface area contributed by atoms with Crippen molar-refractivity contribution in [3.63, 3.8) is 0 Å². The number of rotatable bonds is 3. The van der Waals surface area contributed by atoms with E-state index in [1.54, 1.807) is 26.4 Å². The van der Waals surface area contributed by atoms with E-state index in [4.69, 9.17) is 19.2 Å². The number of benzene rings is 3. The number of oxime groups is 3. The number of aromatic hydroxyl groups is 3. The average molecular weight is 646 g/mol. The first-order valence-corrected chi connectivity index (χ1v) is 15.7. The molecule has 0 saturated heterocycles. The number of phenolic OH excluding ortho intramolecular Hbond substituents is 3. The van der Waals surface area contributed by atoms with Crippen molar-refractivity contribution in [3.05, 3.63) is 80.9 Å². The maximum absolute atomic E-state index is 9.71. The van der Waals surface area contributed by atoms with Gasteiger partial charge in [-0.3, -0.25) is 0 Å². The largest absolute Gasteiger partial charge is 0.508 e. The molecule has 0 fully saturated rings. The summed E-state index contributed by atoms with van der Waals surface area (Å²) in [7, 11) is 4.65. The van der Waals surface area contributed by atoms with E-state index in [9.17, 15) is 15.3 Å². The SMILES string of the molecule is CO/N=C1\CC(C)(C)Oc2c1ccc(O)c2C.CON=C1c2cc(C)c(O)cc2CC1C.CON=C1c2ccc(O)c(C)c2CC1C. The van der Waals surface area contributed by atoms with Gasteiger partial charge < -0.3 is 34.6 Å². The Morgan fingerprint density at radius 2 is 1.26 bits per heavy atom. The Hall–Kier alpha value is -4.73. The molecular weight excluding hydrogens is 598 g/mol. The molecule has 0 saturated carbocycles. The van der Waals surface area contributed by atoms with Crippen LogP contribution in [0.5, 0.6) is 23.0 Å². The molecule has 10 heteroatoms. The van der Waals surface area contributed by atoms with Crippen molar-refractivity contribution in [2.24, 2.45) is 27.3 Å². The molecule has 0 bridgehead atoms. The van der Waals surface area contributed by atoms with Crippen molar-refractivity contribution in [3.8, 4) is 23.0 Å². The molecular formula is C37H47N3O7. The van der Waals surface area contributed by atoms with Crippen LogP contribution in [0, 0.1) is 32.6 Å². The minimum Gasteiger partial charge on any atom is -0.508 e. The fraction of sp³-hybridized carbons (Fsp3) is 0.432. The average Bonchev–Trinajstić information content (AvgIpc) is 3.49. The topological polar surface area (TPSA) is 135 Å². The molecule has 0 aromatic heterocycles. The molecule has 3 aromatic carbocycles. The van der Waals surface area contributed by atoms with Crippen LogP contribution in [0.2, 0.25) is 0 Å². The minimum absolute atomic E-state index is 0.234. The number of aryl methyl sites for hydroxylation is 1. The molecule has 1 heterocycles. The molecule has 0 radical (unpaired) electrons. The monoisotopic (exact) mass is 645 g/mol. The number of hydrogen-bond donors (Lipinski definition) is 3. The summed E-state index contributed by atoms with van der Waals surface area (Å²) in [5, 5.41) is 41.1. The van der Waals surface area contributed by atoms with E-state index in [0.717, 1.165) is 68.9 Å². The van der Waals surface area contributed by atoms with E-state index in [0.29, 0.717) is 35.5 Å². The Kier molecular flexibility index (Phi) is 10.7. The molecule has 2 atom stereocenters.